The summed E-state index contributed by atoms with van der Waals surface area (Å²) in [6.07, 6.45) is 5.86. The third-order valence-corrected chi connectivity index (χ3v) is 8.40. The SMILES string of the molecule is CC(=O)c1nn(CC(=O)N2[C@@H]3CC[C@@H](C3)[C@H]2C(=O)NCc2cccc(Cl)c2F)c2ccc(-c3cnc(C)nc3)cc12. The largest absolute Gasteiger partial charge is 0.350 e. The highest BCUT2D eigenvalue weighted by molar-refractivity contribution is 6.30. The molecule has 0 spiro atoms. The smallest absolute Gasteiger partial charge is 0.245 e. The lowest BCUT2D eigenvalue weighted by molar-refractivity contribution is -0.143. The summed E-state index contributed by atoms with van der Waals surface area (Å²) in [6, 6.07) is 9.52. The molecular formula is C30H28ClFN6O3. The zero-order chi connectivity index (χ0) is 28.8. The first kappa shape index (κ1) is 27.0. The molecule has 3 heterocycles. The Balaban J connectivity index is 1.25. The molecule has 41 heavy (non-hydrogen) atoms. The number of ketones is 1. The highest BCUT2D eigenvalue weighted by Crippen LogP contribution is 2.43. The number of carbonyl (C=O) groups excluding carboxylic acids is 3. The van der Waals surface area contributed by atoms with Gasteiger partial charge in [0, 0.05) is 48.4 Å². The molecule has 2 aromatic carbocycles. The molecule has 1 aliphatic heterocycles. The van der Waals surface area contributed by atoms with Crippen molar-refractivity contribution in [1.29, 1.82) is 0 Å². The van der Waals surface area contributed by atoms with Crippen molar-refractivity contribution in [3.05, 3.63) is 76.7 Å². The highest BCUT2D eigenvalue weighted by atomic mass is 35.5. The zero-order valence-corrected chi connectivity index (χ0v) is 23.4. The van der Waals surface area contributed by atoms with Crippen LogP contribution >= 0.6 is 11.6 Å². The van der Waals surface area contributed by atoms with Crippen molar-refractivity contribution in [3.63, 3.8) is 0 Å². The average Bonchev–Trinajstić information content (AvgIpc) is 3.67. The van der Waals surface area contributed by atoms with Crippen molar-refractivity contribution >= 4 is 40.1 Å². The molecule has 1 saturated heterocycles. The van der Waals surface area contributed by atoms with Gasteiger partial charge in [-0.2, -0.15) is 5.10 Å². The minimum Gasteiger partial charge on any atom is -0.350 e. The van der Waals surface area contributed by atoms with Gasteiger partial charge in [0.25, 0.3) is 0 Å². The van der Waals surface area contributed by atoms with E-state index in [0.717, 1.165) is 30.4 Å². The van der Waals surface area contributed by atoms with Crippen LogP contribution in [-0.2, 0) is 22.7 Å². The van der Waals surface area contributed by atoms with Crippen LogP contribution in [0.5, 0.6) is 0 Å². The summed E-state index contributed by atoms with van der Waals surface area (Å²) < 4.78 is 15.9. The number of rotatable bonds is 7. The summed E-state index contributed by atoms with van der Waals surface area (Å²) in [5.74, 6) is -0.657. The highest BCUT2D eigenvalue weighted by Gasteiger charge is 2.51. The predicted molar refractivity (Wildman–Crippen MR) is 151 cm³/mol. The number of aromatic nitrogens is 4. The van der Waals surface area contributed by atoms with E-state index < -0.39 is 11.9 Å². The van der Waals surface area contributed by atoms with Crippen LogP contribution in [0, 0.1) is 18.7 Å². The lowest BCUT2D eigenvalue weighted by Gasteiger charge is -2.34. The Morgan fingerprint density at radius 3 is 2.63 bits per heavy atom. The Labute approximate surface area is 240 Å². The van der Waals surface area contributed by atoms with Gasteiger partial charge < -0.3 is 10.2 Å². The molecule has 1 N–H and O–H groups in total. The Morgan fingerprint density at radius 1 is 1.10 bits per heavy atom. The van der Waals surface area contributed by atoms with Crippen molar-refractivity contribution in [3.8, 4) is 11.1 Å². The first-order valence-corrected chi connectivity index (χ1v) is 13.9. The quantitative estimate of drug-likeness (QED) is 0.326. The van der Waals surface area contributed by atoms with Gasteiger partial charge >= 0.3 is 0 Å². The second-order valence-corrected chi connectivity index (χ2v) is 11.1. The molecule has 0 unspecified atom stereocenters. The van der Waals surface area contributed by atoms with E-state index in [-0.39, 0.29) is 58.9 Å². The van der Waals surface area contributed by atoms with Gasteiger partial charge in [0.05, 0.1) is 10.5 Å². The molecule has 2 aliphatic rings. The van der Waals surface area contributed by atoms with Gasteiger partial charge in [0.1, 0.15) is 29.9 Å². The van der Waals surface area contributed by atoms with Gasteiger partial charge in [-0.25, -0.2) is 14.4 Å². The van der Waals surface area contributed by atoms with Crippen molar-refractivity contribution < 1.29 is 18.8 Å². The van der Waals surface area contributed by atoms with E-state index in [4.69, 9.17) is 11.6 Å². The maximum absolute atomic E-state index is 14.4. The van der Waals surface area contributed by atoms with E-state index in [1.807, 2.05) is 18.2 Å². The standard InChI is InChI=1S/C30H28ClFN6O3/c1-16(39)28-23-11-18(21-13-33-17(2)34-14-21)7-9-25(23)37(36-28)15-26(40)38-22-8-6-19(10-22)29(38)30(41)35-12-20-4-3-5-24(31)27(20)32/h3-5,7,9,11,13-14,19,22,29H,6,8,10,12,15H2,1-2H3,(H,35,41)/t19-,22+,29-/m0/s1. The molecular weight excluding hydrogens is 547 g/mol. The van der Waals surface area contributed by atoms with E-state index >= 15 is 0 Å². The lowest BCUT2D eigenvalue weighted by Crippen LogP contribution is -2.53. The minimum atomic E-state index is -0.647. The van der Waals surface area contributed by atoms with Crippen LogP contribution in [0.4, 0.5) is 4.39 Å². The number of benzene rings is 2. The van der Waals surface area contributed by atoms with Gasteiger partial charge in [-0.15, -0.1) is 0 Å². The molecule has 2 aromatic heterocycles. The van der Waals surface area contributed by atoms with Crippen LogP contribution in [-0.4, -0.2) is 54.3 Å². The number of amides is 2. The van der Waals surface area contributed by atoms with Crippen LogP contribution in [0.15, 0.2) is 48.8 Å². The molecule has 3 atom stereocenters. The average molecular weight is 575 g/mol. The Morgan fingerprint density at radius 2 is 1.88 bits per heavy atom. The summed E-state index contributed by atoms with van der Waals surface area (Å²) in [4.78, 5) is 49.7. The number of hydrogen-bond donors (Lipinski definition) is 1. The summed E-state index contributed by atoms with van der Waals surface area (Å²) in [7, 11) is 0. The predicted octanol–water partition coefficient (Wildman–Crippen LogP) is 4.49. The second kappa shape index (κ2) is 10.7. The third kappa shape index (κ3) is 4.97. The third-order valence-electron chi connectivity index (χ3n) is 8.11. The van der Waals surface area contributed by atoms with Crippen LogP contribution in [0.2, 0.25) is 5.02 Å². The molecule has 9 nitrogen and oxygen atoms in total. The summed E-state index contributed by atoms with van der Waals surface area (Å²) in [6.45, 7) is 3.10. The van der Waals surface area contributed by atoms with E-state index in [9.17, 15) is 18.8 Å². The van der Waals surface area contributed by atoms with Crippen molar-refractivity contribution in [2.45, 2.75) is 58.3 Å². The fourth-order valence-corrected chi connectivity index (χ4v) is 6.34. The molecule has 210 valence electrons. The van der Waals surface area contributed by atoms with Gasteiger partial charge in [-0.3, -0.25) is 19.1 Å². The monoisotopic (exact) mass is 574 g/mol. The molecule has 0 radical (unpaired) electrons. The molecule has 6 rings (SSSR count). The number of likely N-dealkylation sites (tertiary alicyclic amines) is 1. The van der Waals surface area contributed by atoms with E-state index in [1.54, 1.807) is 36.4 Å². The van der Waals surface area contributed by atoms with Crippen LogP contribution < -0.4 is 5.32 Å². The molecule has 2 amide bonds. The van der Waals surface area contributed by atoms with Gasteiger partial charge in [-0.1, -0.05) is 29.8 Å². The number of piperidine rings is 1. The maximum Gasteiger partial charge on any atom is 0.245 e. The topological polar surface area (TPSA) is 110 Å². The van der Waals surface area contributed by atoms with Crippen molar-refractivity contribution in [1.82, 2.24) is 30.0 Å². The summed E-state index contributed by atoms with van der Waals surface area (Å²) >= 11 is 5.88. The Bertz CT molecular complexity index is 1690. The normalized spacial score (nSPS) is 19.6. The Kier molecular flexibility index (Phi) is 7.03. The van der Waals surface area contributed by atoms with Crippen LogP contribution in [0.25, 0.3) is 22.0 Å². The summed E-state index contributed by atoms with van der Waals surface area (Å²) in [5, 5.41) is 7.94. The van der Waals surface area contributed by atoms with Gasteiger partial charge in [0.2, 0.25) is 11.8 Å². The van der Waals surface area contributed by atoms with Crippen LogP contribution in [0.1, 0.15) is 48.1 Å². The summed E-state index contributed by atoms with van der Waals surface area (Å²) in [5.41, 5.74) is 2.82. The minimum absolute atomic E-state index is 0.0100. The Hall–Kier alpha value is -4.18. The number of halogens is 2. The molecule has 1 aliphatic carbocycles. The zero-order valence-electron chi connectivity index (χ0n) is 22.6. The maximum atomic E-state index is 14.4. The number of aryl methyl sites for hydroxylation is 1. The van der Waals surface area contributed by atoms with E-state index in [0.29, 0.717) is 16.7 Å². The number of hydrogen-bond acceptors (Lipinski definition) is 6. The fraction of sp³-hybridized carbons (Fsp3) is 0.333. The first-order valence-electron chi connectivity index (χ1n) is 13.5. The number of nitrogens with zero attached hydrogens (tertiary/aromatic N) is 5. The second-order valence-electron chi connectivity index (χ2n) is 10.7. The number of fused-ring (bicyclic) bond motifs is 3. The molecule has 2 bridgehead atoms. The van der Waals surface area contributed by atoms with Crippen molar-refractivity contribution in [2.75, 3.05) is 0 Å². The molecule has 11 heteroatoms. The first-order chi connectivity index (χ1) is 19.7. The fourth-order valence-electron chi connectivity index (χ4n) is 6.15. The molecule has 4 aromatic rings. The molecule has 1 saturated carbocycles. The van der Waals surface area contributed by atoms with Gasteiger partial charge in [-0.05, 0) is 55.9 Å². The van der Waals surface area contributed by atoms with E-state index in [2.05, 4.69) is 20.4 Å². The number of Topliss-reactive ketones (excluding diaryl/α,β-unsaturated/α-hetero) is 1. The molecule has 2 fully saturated rings. The number of carbonyl (C=O) groups is 3. The van der Waals surface area contributed by atoms with Gasteiger partial charge in [0.15, 0.2) is 5.78 Å². The van der Waals surface area contributed by atoms with Crippen molar-refractivity contribution in [2.24, 2.45) is 5.92 Å². The van der Waals surface area contributed by atoms with E-state index in [1.165, 1.54) is 17.7 Å². The number of nitrogens with one attached hydrogen (secondary N) is 1. The lowest BCUT2D eigenvalue weighted by atomic mass is 9.97. The van der Waals surface area contributed by atoms with Crippen LogP contribution in [0.3, 0.4) is 0 Å².